The quantitative estimate of drug-likeness (QED) is 0.527. The molecule has 0 saturated carbocycles. The van der Waals surface area contributed by atoms with Crippen molar-refractivity contribution in [2.75, 3.05) is 25.9 Å². The fraction of sp³-hybridized carbons (Fsp3) is 0.346. The first-order valence-corrected chi connectivity index (χ1v) is 12.2. The van der Waals surface area contributed by atoms with E-state index in [0.717, 1.165) is 11.1 Å². The van der Waals surface area contributed by atoms with Gasteiger partial charge in [0.15, 0.2) is 17.3 Å². The average molecular weight is 524 g/mol. The number of urea groups is 1. The molecule has 37 heavy (non-hydrogen) atoms. The summed E-state index contributed by atoms with van der Waals surface area (Å²) in [6, 6.07) is 8.21. The number of nitrogens with one attached hydrogen (secondary N) is 1. The summed E-state index contributed by atoms with van der Waals surface area (Å²) < 4.78 is 24.9. The molecule has 3 aromatic rings. The summed E-state index contributed by atoms with van der Waals surface area (Å²) in [6.07, 6.45) is 1.81. The molecular weight excluding hydrogens is 498 g/mol. The van der Waals surface area contributed by atoms with Crippen molar-refractivity contribution >= 4 is 35.0 Å². The Bertz CT molecular complexity index is 1440. The second-order valence-electron chi connectivity index (χ2n) is 9.97. The lowest BCUT2D eigenvalue weighted by molar-refractivity contribution is 0.168. The van der Waals surface area contributed by atoms with E-state index >= 15 is 0 Å². The topological polar surface area (TPSA) is 99.4 Å². The van der Waals surface area contributed by atoms with Crippen molar-refractivity contribution in [2.24, 2.45) is 4.99 Å². The van der Waals surface area contributed by atoms with Crippen molar-refractivity contribution in [3.63, 3.8) is 0 Å². The van der Waals surface area contributed by atoms with Crippen LogP contribution in [0.5, 0.6) is 23.0 Å². The van der Waals surface area contributed by atoms with Crippen molar-refractivity contribution in [1.29, 1.82) is 0 Å². The van der Waals surface area contributed by atoms with Crippen molar-refractivity contribution in [3.8, 4) is 23.0 Å². The first kappa shape index (κ1) is 23.5. The smallest absolute Gasteiger partial charge is 0.328 e. The van der Waals surface area contributed by atoms with E-state index in [0.29, 0.717) is 45.4 Å². The third-order valence-corrected chi connectivity index (χ3v) is 7.00. The molecule has 3 aliphatic rings. The number of fused-ring (bicyclic) bond motifs is 3. The number of benzene rings is 2. The molecule has 2 atom stereocenters. The number of halogens is 1. The van der Waals surface area contributed by atoms with E-state index in [1.54, 1.807) is 31.3 Å². The van der Waals surface area contributed by atoms with Gasteiger partial charge in [-0.3, -0.25) is 10.2 Å². The standard InChI is InChI=1S/C26H26ClN5O5/c1-26(2,3)32-24-16(11-28-32)18(15-10-17(34-4)21-22(20(15)35-5)37-12-36-21)19-23(29-24)30-25(33)31(19)14-8-6-13(27)7-9-14/h6-11,18-19H,12H2,1-5H3,(H,29,30,33)/t18-,19-/m1/s1. The van der Waals surface area contributed by atoms with Gasteiger partial charge in [0.2, 0.25) is 18.3 Å². The average Bonchev–Trinajstić information content (AvgIpc) is 3.58. The first-order valence-electron chi connectivity index (χ1n) is 11.8. The Morgan fingerprint density at radius 1 is 1.08 bits per heavy atom. The third kappa shape index (κ3) is 3.50. The zero-order valence-corrected chi connectivity index (χ0v) is 21.8. The second kappa shape index (κ2) is 8.31. The molecule has 2 aromatic carbocycles. The summed E-state index contributed by atoms with van der Waals surface area (Å²) in [6.45, 7) is 6.22. The van der Waals surface area contributed by atoms with E-state index in [1.807, 2.05) is 29.1 Å². The number of amides is 2. The summed E-state index contributed by atoms with van der Waals surface area (Å²) in [7, 11) is 3.16. The normalized spacial score (nSPS) is 19.8. The minimum absolute atomic E-state index is 0.0520. The van der Waals surface area contributed by atoms with E-state index < -0.39 is 12.0 Å². The molecule has 6 rings (SSSR count). The van der Waals surface area contributed by atoms with Gasteiger partial charge in [-0.05, 0) is 51.1 Å². The fourth-order valence-electron chi connectivity index (χ4n) is 5.20. The van der Waals surface area contributed by atoms with Gasteiger partial charge in [-0.1, -0.05) is 11.6 Å². The summed E-state index contributed by atoms with van der Waals surface area (Å²) in [5.74, 6) is 2.71. The number of aliphatic imine (C=N–C) groups is 1. The Kier molecular flexibility index (Phi) is 5.27. The van der Waals surface area contributed by atoms with Crippen molar-refractivity contribution < 1.29 is 23.7 Å². The summed E-state index contributed by atoms with van der Waals surface area (Å²) in [4.78, 5) is 20.0. The SMILES string of the molecule is COc1cc([C@@H]2c3cnn(C(C)(C)C)c3N=C3NC(=O)N(c4ccc(Cl)cc4)[C@@H]32)c(OC)c2c1OCO2. The Labute approximate surface area is 218 Å². The predicted octanol–water partition coefficient (Wildman–Crippen LogP) is 4.81. The highest BCUT2D eigenvalue weighted by Gasteiger charge is 2.50. The van der Waals surface area contributed by atoms with Gasteiger partial charge in [-0.2, -0.15) is 5.10 Å². The first-order chi connectivity index (χ1) is 17.7. The molecule has 1 saturated heterocycles. The second-order valence-corrected chi connectivity index (χ2v) is 10.4. The lowest BCUT2D eigenvalue weighted by atomic mass is 9.82. The zero-order chi connectivity index (χ0) is 26.1. The van der Waals surface area contributed by atoms with Crippen molar-refractivity contribution in [1.82, 2.24) is 15.1 Å². The van der Waals surface area contributed by atoms with E-state index in [2.05, 4.69) is 26.1 Å². The number of methoxy groups -OCH3 is 2. The Balaban J connectivity index is 1.62. The van der Waals surface area contributed by atoms with Crippen LogP contribution in [-0.4, -0.2) is 48.7 Å². The number of hydrogen-bond donors (Lipinski definition) is 1. The summed E-state index contributed by atoms with van der Waals surface area (Å²) >= 11 is 6.15. The largest absolute Gasteiger partial charge is 0.493 e. The number of hydrogen-bond acceptors (Lipinski definition) is 7. The minimum Gasteiger partial charge on any atom is -0.493 e. The molecule has 0 bridgehead atoms. The molecule has 1 aromatic heterocycles. The van der Waals surface area contributed by atoms with Gasteiger partial charge in [0.1, 0.15) is 11.9 Å². The van der Waals surface area contributed by atoms with Gasteiger partial charge in [-0.25, -0.2) is 14.5 Å². The molecule has 192 valence electrons. The van der Waals surface area contributed by atoms with Gasteiger partial charge in [0.25, 0.3) is 0 Å². The van der Waals surface area contributed by atoms with Crippen LogP contribution in [0.4, 0.5) is 16.3 Å². The number of anilines is 1. The van der Waals surface area contributed by atoms with Crippen LogP contribution < -0.4 is 29.2 Å². The maximum Gasteiger partial charge on any atom is 0.328 e. The number of carbonyl (C=O) groups excluding carboxylic acids is 1. The van der Waals surface area contributed by atoms with Crippen LogP contribution in [0.3, 0.4) is 0 Å². The molecule has 0 spiro atoms. The van der Waals surface area contributed by atoms with Gasteiger partial charge < -0.3 is 18.9 Å². The van der Waals surface area contributed by atoms with Gasteiger partial charge in [-0.15, -0.1) is 0 Å². The Morgan fingerprint density at radius 2 is 1.81 bits per heavy atom. The molecule has 10 nitrogen and oxygen atoms in total. The number of amidine groups is 1. The lowest BCUT2D eigenvalue weighted by Gasteiger charge is -2.34. The van der Waals surface area contributed by atoms with Crippen LogP contribution in [0.2, 0.25) is 5.02 Å². The number of carbonyl (C=O) groups is 1. The minimum atomic E-state index is -0.516. The van der Waals surface area contributed by atoms with Crippen LogP contribution in [-0.2, 0) is 5.54 Å². The molecular formula is C26H26ClN5O5. The number of nitrogens with zero attached hydrogens (tertiary/aromatic N) is 4. The Morgan fingerprint density at radius 3 is 2.49 bits per heavy atom. The maximum absolute atomic E-state index is 13.4. The number of ether oxygens (including phenoxy) is 4. The highest BCUT2D eigenvalue weighted by Crippen LogP contribution is 2.55. The Hall–Kier alpha value is -3.92. The van der Waals surface area contributed by atoms with Gasteiger partial charge in [0, 0.05) is 27.8 Å². The molecule has 0 radical (unpaired) electrons. The zero-order valence-electron chi connectivity index (χ0n) is 21.0. The number of aromatic nitrogens is 2. The van der Waals surface area contributed by atoms with Crippen LogP contribution in [0.15, 0.2) is 41.5 Å². The fourth-order valence-corrected chi connectivity index (χ4v) is 5.32. The van der Waals surface area contributed by atoms with Crippen molar-refractivity contribution in [2.45, 2.75) is 38.3 Å². The number of rotatable bonds is 4. The van der Waals surface area contributed by atoms with E-state index in [4.69, 9.17) is 40.6 Å². The predicted molar refractivity (Wildman–Crippen MR) is 138 cm³/mol. The highest BCUT2D eigenvalue weighted by atomic mass is 35.5. The van der Waals surface area contributed by atoms with E-state index in [9.17, 15) is 4.79 Å². The molecule has 4 heterocycles. The molecule has 1 N–H and O–H groups in total. The summed E-state index contributed by atoms with van der Waals surface area (Å²) in [5.41, 5.74) is 1.94. The van der Waals surface area contributed by atoms with Crippen LogP contribution in [0, 0.1) is 0 Å². The molecule has 0 aliphatic carbocycles. The van der Waals surface area contributed by atoms with Crippen molar-refractivity contribution in [3.05, 3.63) is 52.7 Å². The highest BCUT2D eigenvalue weighted by molar-refractivity contribution is 6.30. The van der Waals surface area contributed by atoms with Crippen LogP contribution in [0.1, 0.15) is 37.8 Å². The van der Waals surface area contributed by atoms with E-state index in [-0.39, 0.29) is 18.4 Å². The van der Waals surface area contributed by atoms with Gasteiger partial charge in [0.05, 0.1) is 26.0 Å². The van der Waals surface area contributed by atoms with Gasteiger partial charge >= 0.3 is 6.03 Å². The van der Waals surface area contributed by atoms with Crippen LogP contribution >= 0.6 is 11.6 Å². The maximum atomic E-state index is 13.4. The van der Waals surface area contributed by atoms with Crippen LogP contribution in [0.25, 0.3) is 0 Å². The van der Waals surface area contributed by atoms with E-state index in [1.165, 1.54) is 0 Å². The molecule has 11 heteroatoms. The molecule has 0 unspecified atom stereocenters. The lowest BCUT2D eigenvalue weighted by Crippen LogP contribution is -2.42. The molecule has 3 aliphatic heterocycles. The monoisotopic (exact) mass is 523 g/mol. The molecule has 1 fully saturated rings. The third-order valence-electron chi connectivity index (χ3n) is 6.75. The molecule has 2 amide bonds. The summed E-state index contributed by atoms with van der Waals surface area (Å²) in [5, 5.41) is 8.26.